The second-order valence-electron chi connectivity index (χ2n) is 7.78. The highest BCUT2D eigenvalue weighted by atomic mass is 35.5. The molecular weight excluding hydrogens is 400 g/mol. The Bertz CT molecular complexity index is 886. The number of halogens is 1. The third-order valence-electron chi connectivity index (χ3n) is 6.06. The molecule has 5 nitrogen and oxygen atoms in total. The van der Waals surface area contributed by atoms with E-state index in [1.165, 1.54) is 35.2 Å². The van der Waals surface area contributed by atoms with E-state index in [-0.39, 0.29) is 12.4 Å². The normalized spacial score (nSPS) is 18.1. The maximum Gasteiger partial charge on any atom is 0.210 e. The molecule has 0 radical (unpaired) electrons. The number of fused-ring (bicyclic) bond motifs is 1. The Balaban J connectivity index is 0.00000256. The molecule has 2 aliphatic heterocycles. The van der Waals surface area contributed by atoms with E-state index in [9.17, 15) is 0 Å². The number of hydrazine groups is 1. The Hall–Kier alpha value is -2.24. The van der Waals surface area contributed by atoms with Crippen LogP contribution >= 0.6 is 0 Å². The molecule has 0 saturated carbocycles. The van der Waals surface area contributed by atoms with E-state index >= 15 is 0 Å². The van der Waals surface area contributed by atoms with Gasteiger partial charge in [-0.1, -0.05) is 30.3 Å². The fourth-order valence-corrected chi connectivity index (χ4v) is 4.51. The topological polar surface area (TPSA) is 33.9 Å². The number of hydrogen-bond donors (Lipinski definition) is 0. The van der Waals surface area contributed by atoms with Crippen LogP contribution < -0.4 is 21.9 Å². The van der Waals surface area contributed by atoms with Gasteiger partial charge in [-0.3, -0.25) is 0 Å². The van der Waals surface area contributed by atoms with Gasteiger partial charge in [0.2, 0.25) is 5.71 Å². The summed E-state index contributed by atoms with van der Waals surface area (Å²) in [7, 11) is 3.39. The maximum atomic E-state index is 6.08. The highest BCUT2D eigenvalue weighted by molar-refractivity contribution is 5.97. The van der Waals surface area contributed by atoms with Crippen molar-refractivity contribution in [3.63, 3.8) is 0 Å². The van der Waals surface area contributed by atoms with E-state index in [2.05, 4.69) is 53.0 Å². The van der Waals surface area contributed by atoms with Crippen LogP contribution in [0.1, 0.15) is 36.5 Å². The van der Waals surface area contributed by atoms with E-state index in [1.807, 2.05) is 6.07 Å². The summed E-state index contributed by atoms with van der Waals surface area (Å²) in [5.41, 5.74) is 5.09. The Morgan fingerprint density at radius 1 is 1.07 bits per heavy atom. The number of hydrazone groups is 1. The molecule has 1 saturated heterocycles. The van der Waals surface area contributed by atoms with Crippen molar-refractivity contribution in [1.82, 2.24) is 5.01 Å². The van der Waals surface area contributed by atoms with Crippen LogP contribution in [-0.4, -0.2) is 55.4 Å². The molecule has 6 heteroatoms. The Morgan fingerprint density at radius 3 is 2.53 bits per heavy atom. The second kappa shape index (κ2) is 10.2. The lowest BCUT2D eigenvalue weighted by Crippen LogP contribution is -3.00. The minimum Gasteiger partial charge on any atom is -1.00 e. The van der Waals surface area contributed by atoms with Crippen LogP contribution in [0.25, 0.3) is 0 Å². The average Bonchev–Trinajstić information content (AvgIpc) is 3.22. The minimum atomic E-state index is 0. The van der Waals surface area contributed by atoms with Gasteiger partial charge in [0, 0.05) is 13.3 Å². The maximum absolute atomic E-state index is 6.08. The number of ether oxygens (including phenoxy) is 3. The fourth-order valence-electron chi connectivity index (χ4n) is 4.51. The van der Waals surface area contributed by atoms with Crippen LogP contribution in [0, 0.1) is 0 Å². The molecule has 2 aromatic carbocycles. The van der Waals surface area contributed by atoms with Gasteiger partial charge in [-0.2, -0.15) is 5.01 Å². The molecule has 0 amide bonds. The number of methoxy groups -OCH3 is 2. The first kappa shape index (κ1) is 22.4. The lowest BCUT2D eigenvalue weighted by molar-refractivity contribution is -0.695. The van der Waals surface area contributed by atoms with E-state index in [4.69, 9.17) is 14.2 Å². The van der Waals surface area contributed by atoms with Gasteiger partial charge in [0.25, 0.3) is 0 Å². The van der Waals surface area contributed by atoms with Crippen molar-refractivity contribution in [2.45, 2.75) is 38.8 Å². The predicted octanol–water partition coefficient (Wildman–Crippen LogP) is 0.682. The van der Waals surface area contributed by atoms with Gasteiger partial charge in [0.05, 0.1) is 39.5 Å². The number of benzene rings is 2. The molecule has 2 heterocycles. The van der Waals surface area contributed by atoms with Crippen molar-refractivity contribution >= 4 is 5.71 Å². The summed E-state index contributed by atoms with van der Waals surface area (Å²) in [6, 6.07) is 15.1. The van der Waals surface area contributed by atoms with E-state index < -0.39 is 0 Å². The smallest absolute Gasteiger partial charge is 0.210 e. The number of rotatable bonds is 7. The van der Waals surface area contributed by atoms with Crippen molar-refractivity contribution in [3.05, 3.63) is 59.2 Å². The molecule has 30 heavy (non-hydrogen) atoms. The SMILES string of the molecule is COc1cc2c(cc1OC)C(C)=[N+](N1CCC[C@H]1COCc1ccccc1)CC2.[Cl-]. The average molecular weight is 431 g/mol. The quantitative estimate of drug-likeness (QED) is 0.605. The van der Waals surface area contributed by atoms with Crippen molar-refractivity contribution in [3.8, 4) is 11.5 Å². The zero-order chi connectivity index (χ0) is 20.2. The number of hydrogen-bond acceptors (Lipinski definition) is 4. The molecule has 0 unspecified atom stereocenters. The fraction of sp³-hybridized carbons (Fsp3) is 0.458. The molecule has 0 bridgehead atoms. The third-order valence-corrected chi connectivity index (χ3v) is 6.06. The molecule has 2 aliphatic rings. The van der Waals surface area contributed by atoms with Gasteiger partial charge in [-0.15, -0.1) is 4.68 Å². The monoisotopic (exact) mass is 430 g/mol. The lowest BCUT2D eigenvalue weighted by Gasteiger charge is -2.27. The second-order valence-corrected chi connectivity index (χ2v) is 7.78. The van der Waals surface area contributed by atoms with Crippen LogP contribution in [0.15, 0.2) is 42.5 Å². The molecule has 1 atom stereocenters. The Morgan fingerprint density at radius 2 is 1.80 bits per heavy atom. The predicted molar refractivity (Wildman–Crippen MR) is 114 cm³/mol. The van der Waals surface area contributed by atoms with Crippen LogP contribution in [0.2, 0.25) is 0 Å². The number of nitrogens with zero attached hydrogens (tertiary/aromatic N) is 2. The molecule has 0 aliphatic carbocycles. The third kappa shape index (κ3) is 4.57. The van der Waals surface area contributed by atoms with Crippen molar-refractivity contribution in [1.29, 1.82) is 0 Å². The Kier molecular flexibility index (Phi) is 7.62. The first-order valence-corrected chi connectivity index (χ1v) is 10.5. The van der Waals surface area contributed by atoms with E-state index in [1.54, 1.807) is 14.2 Å². The van der Waals surface area contributed by atoms with Crippen molar-refractivity contribution < 1.29 is 31.3 Å². The van der Waals surface area contributed by atoms with Gasteiger partial charge in [0.1, 0.15) is 6.04 Å². The van der Waals surface area contributed by atoms with Gasteiger partial charge in [-0.05, 0) is 36.1 Å². The lowest BCUT2D eigenvalue weighted by atomic mass is 9.97. The summed E-state index contributed by atoms with van der Waals surface area (Å²) in [6.07, 6.45) is 3.39. The van der Waals surface area contributed by atoms with E-state index in [0.717, 1.165) is 37.6 Å². The first-order chi connectivity index (χ1) is 14.2. The zero-order valence-electron chi connectivity index (χ0n) is 18.1. The Labute approximate surface area is 185 Å². The summed E-state index contributed by atoms with van der Waals surface area (Å²) >= 11 is 0. The van der Waals surface area contributed by atoms with Gasteiger partial charge in [0.15, 0.2) is 18.0 Å². The van der Waals surface area contributed by atoms with Crippen molar-refractivity contribution in [2.75, 3.05) is 33.9 Å². The molecule has 0 spiro atoms. The summed E-state index contributed by atoms with van der Waals surface area (Å²) in [5.74, 6) is 1.59. The largest absolute Gasteiger partial charge is 1.00 e. The summed E-state index contributed by atoms with van der Waals surface area (Å²) in [4.78, 5) is 0. The minimum absolute atomic E-state index is 0. The first-order valence-electron chi connectivity index (χ1n) is 10.5. The molecular formula is C24H31ClN2O3. The van der Waals surface area contributed by atoms with Crippen LogP contribution in [0.5, 0.6) is 11.5 Å². The summed E-state index contributed by atoms with van der Waals surface area (Å²) in [5, 5.41) is 2.51. The van der Waals surface area contributed by atoms with Crippen LogP contribution in [0.4, 0.5) is 0 Å². The molecule has 1 fully saturated rings. The van der Waals surface area contributed by atoms with Crippen LogP contribution in [-0.2, 0) is 17.8 Å². The van der Waals surface area contributed by atoms with E-state index in [0.29, 0.717) is 12.6 Å². The molecule has 4 rings (SSSR count). The van der Waals surface area contributed by atoms with Gasteiger partial charge >= 0.3 is 0 Å². The summed E-state index contributed by atoms with van der Waals surface area (Å²) in [6.45, 7) is 5.72. The zero-order valence-corrected chi connectivity index (χ0v) is 18.8. The standard InChI is InChI=1S/C24H31N2O3.ClH/c1-18-22-15-24(28-3)23(27-2)14-20(22)11-13-25(18)26-12-7-10-21(26)17-29-16-19-8-5-4-6-9-19;/h4-6,8-9,14-15,21H,7,10-13,16-17H2,1-3H3;1H/q+1;/p-1/t21-;/m0./s1. The summed E-state index contributed by atoms with van der Waals surface area (Å²) < 4.78 is 19.6. The molecule has 162 valence electrons. The molecule has 2 aromatic rings. The van der Waals surface area contributed by atoms with Gasteiger partial charge in [-0.25, -0.2) is 0 Å². The van der Waals surface area contributed by atoms with Gasteiger partial charge < -0.3 is 26.6 Å². The molecule has 0 N–H and O–H groups in total. The van der Waals surface area contributed by atoms with Crippen molar-refractivity contribution in [2.24, 2.45) is 0 Å². The highest BCUT2D eigenvalue weighted by Gasteiger charge is 2.36. The van der Waals surface area contributed by atoms with Crippen LogP contribution in [0.3, 0.4) is 0 Å². The highest BCUT2D eigenvalue weighted by Crippen LogP contribution is 2.33. The molecule has 0 aromatic heterocycles.